The molecule has 4 rings (SSSR count). The van der Waals surface area contributed by atoms with Gasteiger partial charge in [-0.2, -0.15) is 0 Å². The van der Waals surface area contributed by atoms with E-state index in [1.807, 2.05) is 24.3 Å². The molecule has 0 radical (unpaired) electrons. The van der Waals surface area contributed by atoms with Gasteiger partial charge < -0.3 is 23.7 Å². The smallest absolute Gasteiger partial charge is 0.343 e. The number of hydrogen-bond donors (Lipinski definition) is 0. The van der Waals surface area contributed by atoms with Crippen LogP contribution in [0.5, 0.6) is 17.2 Å². The molecule has 7 nitrogen and oxygen atoms in total. The summed E-state index contributed by atoms with van der Waals surface area (Å²) in [4.78, 5) is 24.9. The van der Waals surface area contributed by atoms with Gasteiger partial charge in [-0.05, 0) is 79.9 Å². The molecule has 3 aromatic carbocycles. The van der Waals surface area contributed by atoms with Gasteiger partial charge in [0.2, 0.25) is 0 Å². The predicted octanol–water partition coefficient (Wildman–Crippen LogP) is 7.37. The second-order valence-electron chi connectivity index (χ2n) is 10.3. The first-order chi connectivity index (χ1) is 19.3. The maximum absolute atomic E-state index is 12.6. The number of ether oxygens (including phenoxy) is 5. The van der Waals surface area contributed by atoms with E-state index in [0.29, 0.717) is 23.7 Å². The Hall–Kier alpha value is -3.68. The van der Waals surface area contributed by atoms with E-state index in [0.717, 1.165) is 23.3 Å². The van der Waals surface area contributed by atoms with Gasteiger partial charge in [0.05, 0.1) is 18.8 Å². The summed E-state index contributed by atoms with van der Waals surface area (Å²) in [7, 11) is 0. The van der Waals surface area contributed by atoms with Crippen molar-refractivity contribution >= 4 is 11.9 Å². The lowest BCUT2D eigenvalue weighted by Crippen LogP contribution is -2.30. The SMILES string of the molecule is CCCCCCCCOc1ccc(C(=O)Oc2ccc(-c3ccc(OC(=O)[C@H]4COC(C)(C)O4)cc3)cc2)cc1. The van der Waals surface area contributed by atoms with Crippen LogP contribution in [0.15, 0.2) is 72.8 Å². The quantitative estimate of drug-likeness (QED) is 0.126. The van der Waals surface area contributed by atoms with Gasteiger partial charge in [-0.3, -0.25) is 0 Å². The van der Waals surface area contributed by atoms with Gasteiger partial charge in [0.25, 0.3) is 0 Å². The zero-order valence-corrected chi connectivity index (χ0v) is 23.5. The molecular weight excluding hydrogens is 508 g/mol. The van der Waals surface area contributed by atoms with Crippen LogP contribution in [-0.4, -0.2) is 37.0 Å². The lowest BCUT2D eigenvalue weighted by molar-refractivity contribution is -0.162. The first-order valence-corrected chi connectivity index (χ1v) is 14.0. The molecule has 40 heavy (non-hydrogen) atoms. The van der Waals surface area contributed by atoms with E-state index in [1.165, 1.54) is 32.1 Å². The Morgan fingerprint density at radius 2 is 1.30 bits per heavy atom. The van der Waals surface area contributed by atoms with Crippen molar-refractivity contribution < 1.29 is 33.3 Å². The van der Waals surface area contributed by atoms with Gasteiger partial charge in [-0.1, -0.05) is 63.3 Å². The molecule has 1 aliphatic rings. The molecule has 212 valence electrons. The van der Waals surface area contributed by atoms with Crippen molar-refractivity contribution in [3.63, 3.8) is 0 Å². The molecule has 0 bridgehead atoms. The summed E-state index contributed by atoms with van der Waals surface area (Å²) in [5.74, 6) is -0.0857. The highest BCUT2D eigenvalue weighted by molar-refractivity contribution is 5.91. The summed E-state index contributed by atoms with van der Waals surface area (Å²) < 4.78 is 27.7. The molecule has 1 saturated heterocycles. The summed E-state index contributed by atoms with van der Waals surface area (Å²) in [6.45, 7) is 6.57. The Labute approximate surface area is 236 Å². The van der Waals surface area contributed by atoms with Crippen LogP contribution in [-0.2, 0) is 14.3 Å². The van der Waals surface area contributed by atoms with E-state index < -0.39 is 23.8 Å². The molecule has 0 amide bonds. The van der Waals surface area contributed by atoms with Crippen LogP contribution in [0.4, 0.5) is 0 Å². The largest absolute Gasteiger partial charge is 0.494 e. The minimum Gasteiger partial charge on any atom is -0.494 e. The number of esters is 2. The van der Waals surface area contributed by atoms with Crippen LogP contribution in [0.25, 0.3) is 11.1 Å². The molecule has 1 heterocycles. The van der Waals surface area contributed by atoms with Crippen molar-refractivity contribution in [2.45, 2.75) is 71.2 Å². The average molecular weight is 547 g/mol. The van der Waals surface area contributed by atoms with E-state index in [1.54, 1.807) is 62.4 Å². The molecule has 0 saturated carbocycles. The van der Waals surface area contributed by atoms with Crippen molar-refractivity contribution in [1.29, 1.82) is 0 Å². The third-order valence-corrected chi connectivity index (χ3v) is 6.60. The van der Waals surface area contributed by atoms with E-state index in [9.17, 15) is 9.59 Å². The van der Waals surface area contributed by atoms with Crippen LogP contribution in [0.1, 0.15) is 69.7 Å². The molecule has 1 atom stereocenters. The molecule has 1 aliphatic heterocycles. The average Bonchev–Trinajstić information content (AvgIpc) is 3.33. The van der Waals surface area contributed by atoms with E-state index in [-0.39, 0.29) is 6.61 Å². The topological polar surface area (TPSA) is 80.3 Å². The van der Waals surface area contributed by atoms with Crippen LogP contribution in [0, 0.1) is 0 Å². The molecule has 1 fully saturated rings. The fraction of sp³-hybridized carbons (Fsp3) is 0.394. The minimum atomic E-state index is -0.791. The Kier molecular flexibility index (Phi) is 10.3. The molecule has 0 N–H and O–H groups in total. The van der Waals surface area contributed by atoms with Crippen molar-refractivity contribution in [2.24, 2.45) is 0 Å². The van der Waals surface area contributed by atoms with Gasteiger partial charge in [0.15, 0.2) is 11.9 Å². The van der Waals surface area contributed by atoms with Crippen molar-refractivity contribution in [3.05, 3.63) is 78.4 Å². The molecule has 0 unspecified atom stereocenters. The molecule has 7 heteroatoms. The Balaban J connectivity index is 1.23. The lowest BCUT2D eigenvalue weighted by Gasteiger charge is -2.16. The highest BCUT2D eigenvalue weighted by Crippen LogP contribution is 2.27. The third-order valence-electron chi connectivity index (χ3n) is 6.60. The number of rotatable bonds is 13. The number of benzene rings is 3. The first kappa shape index (κ1) is 29.3. The van der Waals surface area contributed by atoms with Crippen molar-refractivity contribution in [3.8, 4) is 28.4 Å². The van der Waals surface area contributed by atoms with Gasteiger partial charge in [-0.15, -0.1) is 0 Å². The highest BCUT2D eigenvalue weighted by atomic mass is 16.8. The van der Waals surface area contributed by atoms with Crippen molar-refractivity contribution in [2.75, 3.05) is 13.2 Å². The monoisotopic (exact) mass is 546 g/mol. The molecule has 0 spiro atoms. The van der Waals surface area contributed by atoms with Crippen LogP contribution in [0.3, 0.4) is 0 Å². The molecular formula is C33H38O7. The van der Waals surface area contributed by atoms with Gasteiger partial charge >= 0.3 is 11.9 Å². The maximum atomic E-state index is 12.6. The predicted molar refractivity (Wildman–Crippen MR) is 153 cm³/mol. The Morgan fingerprint density at radius 3 is 1.88 bits per heavy atom. The molecule has 0 aliphatic carbocycles. The zero-order valence-electron chi connectivity index (χ0n) is 23.5. The number of hydrogen-bond acceptors (Lipinski definition) is 7. The van der Waals surface area contributed by atoms with Gasteiger partial charge in [-0.25, -0.2) is 9.59 Å². The Morgan fingerprint density at radius 1 is 0.750 bits per heavy atom. The molecule has 0 aromatic heterocycles. The minimum absolute atomic E-state index is 0.167. The number of carbonyl (C=O) groups excluding carboxylic acids is 2. The number of carbonyl (C=O) groups is 2. The first-order valence-electron chi connectivity index (χ1n) is 14.0. The fourth-order valence-electron chi connectivity index (χ4n) is 4.34. The summed E-state index contributed by atoms with van der Waals surface area (Å²) in [5.41, 5.74) is 2.31. The van der Waals surface area contributed by atoms with Crippen molar-refractivity contribution in [1.82, 2.24) is 0 Å². The normalized spacial score (nSPS) is 15.9. The maximum Gasteiger partial charge on any atom is 0.343 e. The third kappa shape index (κ3) is 8.66. The summed E-state index contributed by atoms with van der Waals surface area (Å²) in [6, 6.07) is 21.4. The summed E-state index contributed by atoms with van der Waals surface area (Å²) in [6.07, 6.45) is 6.54. The fourth-order valence-corrected chi connectivity index (χ4v) is 4.34. The van der Waals surface area contributed by atoms with Crippen LogP contribution in [0.2, 0.25) is 0 Å². The second-order valence-corrected chi connectivity index (χ2v) is 10.3. The Bertz CT molecular complexity index is 1230. The highest BCUT2D eigenvalue weighted by Gasteiger charge is 2.38. The van der Waals surface area contributed by atoms with E-state index in [2.05, 4.69) is 6.92 Å². The molecule has 3 aromatic rings. The zero-order chi connectivity index (χ0) is 28.4. The summed E-state index contributed by atoms with van der Waals surface area (Å²) >= 11 is 0. The summed E-state index contributed by atoms with van der Waals surface area (Å²) in [5, 5.41) is 0. The van der Waals surface area contributed by atoms with E-state index in [4.69, 9.17) is 23.7 Å². The standard InChI is InChI=1S/C33H38O7/c1-4-5-6-7-8-9-22-36-27-16-14-26(15-17-27)31(34)38-28-18-10-24(11-19-28)25-12-20-29(21-13-25)39-32(35)30-23-37-33(2,3)40-30/h10-21,30H,4-9,22-23H2,1-3H3/t30-/m1/s1. The van der Waals surface area contributed by atoms with Crippen LogP contribution < -0.4 is 14.2 Å². The van der Waals surface area contributed by atoms with Gasteiger partial charge in [0.1, 0.15) is 17.2 Å². The van der Waals surface area contributed by atoms with Gasteiger partial charge in [0, 0.05) is 0 Å². The van der Waals surface area contributed by atoms with E-state index >= 15 is 0 Å². The lowest BCUT2D eigenvalue weighted by atomic mass is 10.1. The van der Waals surface area contributed by atoms with Crippen LogP contribution >= 0.6 is 0 Å². The second kappa shape index (κ2) is 14.1. The number of unbranched alkanes of at least 4 members (excludes halogenated alkanes) is 5.